The summed E-state index contributed by atoms with van der Waals surface area (Å²) in [6, 6.07) is 6.21. The van der Waals surface area contributed by atoms with Crippen LogP contribution < -0.4 is 15.4 Å². The lowest BCUT2D eigenvalue weighted by Crippen LogP contribution is -2.55. The Morgan fingerprint density at radius 2 is 1.86 bits per heavy atom. The molecule has 0 radical (unpaired) electrons. The fraction of sp³-hybridized carbons (Fsp3) is 0.524. The topological polar surface area (TPSA) is 76.7 Å². The third kappa shape index (κ3) is 7.71. The summed E-state index contributed by atoms with van der Waals surface area (Å²) in [5, 5.41) is 5.63. The molecular weight excluding hydrogens is 382 g/mol. The zero-order chi connectivity index (χ0) is 21.7. The number of para-hydroxylation sites is 1. The Bertz CT molecular complexity index is 757. The Morgan fingerprint density at radius 3 is 2.45 bits per heavy atom. The first-order valence-corrected chi connectivity index (χ1v) is 9.49. The number of carbonyl (C=O) groups excluding carboxylic acids is 2. The average Bonchev–Trinajstić information content (AvgIpc) is 3.43. The van der Waals surface area contributed by atoms with Crippen LogP contribution in [0.4, 0.5) is 13.6 Å². The zero-order valence-corrected chi connectivity index (χ0v) is 17.1. The summed E-state index contributed by atoms with van der Waals surface area (Å²) in [7, 11) is 0. The molecule has 1 aromatic carbocycles. The van der Waals surface area contributed by atoms with Crippen LogP contribution in [-0.2, 0) is 9.53 Å². The molecule has 2 rings (SSSR count). The SMILES string of the molecule is CC(C)(C)OC(=O)NCC(C)(NC(=O)/C=C/c1ccccc1OC(F)F)C1CC1. The number of rotatable bonds is 8. The number of alkyl carbamates (subject to hydrolysis) is 1. The fourth-order valence-corrected chi connectivity index (χ4v) is 2.89. The van der Waals surface area contributed by atoms with E-state index in [4.69, 9.17) is 4.74 Å². The Hall–Kier alpha value is -2.64. The van der Waals surface area contributed by atoms with Gasteiger partial charge >= 0.3 is 12.7 Å². The standard InChI is InChI=1S/C21H28F2N2O4/c1-20(2,3)29-19(27)24-13-21(4,15-10-11-15)25-17(26)12-9-14-7-5-6-8-16(14)28-18(22)23/h5-9,12,15,18H,10-11,13H2,1-4H3,(H,24,27)(H,25,26)/b12-9+. The van der Waals surface area contributed by atoms with Crippen LogP contribution in [0.15, 0.2) is 30.3 Å². The van der Waals surface area contributed by atoms with Crippen molar-refractivity contribution in [3.63, 3.8) is 0 Å². The number of alkyl halides is 2. The number of nitrogens with one attached hydrogen (secondary N) is 2. The van der Waals surface area contributed by atoms with E-state index in [0.29, 0.717) is 5.56 Å². The van der Waals surface area contributed by atoms with Gasteiger partial charge in [-0.2, -0.15) is 8.78 Å². The van der Waals surface area contributed by atoms with Gasteiger partial charge in [0.2, 0.25) is 5.91 Å². The highest BCUT2D eigenvalue weighted by atomic mass is 19.3. The molecular formula is C21H28F2N2O4. The van der Waals surface area contributed by atoms with Crippen LogP contribution in [0.5, 0.6) is 5.75 Å². The lowest BCUT2D eigenvalue weighted by atomic mass is 9.95. The normalized spacial score (nSPS) is 16.4. The van der Waals surface area contributed by atoms with E-state index < -0.39 is 29.8 Å². The molecule has 160 valence electrons. The van der Waals surface area contributed by atoms with Crippen LogP contribution in [0.3, 0.4) is 0 Å². The van der Waals surface area contributed by atoms with Crippen molar-refractivity contribution in [3.05, 3.63) is 35.9 Å². The van der Waals surface area contributed by atoms with Gasteiger partial charge in [0.05, 0.1) is 5.54 Å². The largest absolute Gasteiger partial charge is 0.444 e. The van der Waals surface area contributed by atoms with Crippen LogP contribution in [0.2, 0.25) is 0 Å². The molecule has 0 spiro atoms. The van der Waals surface area contributed by atoms with Gasteiger partial charge < -0.3 is 20.1 Å². The van der Waals surface area contributed by atoms with Crippen molar-refractivity contribution < 1.29 is 27.8 Å². The minimum absolute atomic E-state index is 0.0110. The van der Waals surface area contributed by atoms with Gasteiger partial charge in [-0.25, -0.2) is 4.79 Å². The van der Waals surface area contributed by atoms with Crippen LogP contribution in [-0.4, -0.2) is 36.3 Å². The van der Waals surface area contributed by atoms with Gasteiger partial charge in [0.15, 0.2) is 0 Å². The molecule has 29 heavy (non-hydrogen) atoms. The molecule has 1 atom stereocenters. The molecule has 0 bridgehead atoms. The Labute approximate surface area is 169 Å². The predicted molar refractivity (Wildman–Crippen MR) is 106 cm³/mol. The van der Waals surface area contributed by atoms with E-state index in [1.165, 1.54) is 18.2 Å². The molecule has 1 aromatic rings. The smallest absolute Gasteiger partial charge is 0.407 e. The Morgan fingerprint density at radius 1 is 1.21 bits per heavy atom. The molecule has 1 aliphatic carbocycles. The molecule has 1 aliphatic rings. The van der Waals surface area contributed by atoms with Gasteiger partial charge in [0, 0.05) is 18.2 Å². The number of hydrogen-bond donors (Lipinski definition) is 2. The Balaban J connectivity index is 1.99. The van der Waals surface area contributed by atoms with Crippen molar-refractivity contribution in [1.29, 1.82) is 0 Å². The van der Waals surface area contributed by atoms with E-state index in [1.807, 2.05) is 6.92 Å². The van der Waals surface area contributed by atoms with Crippen LogP contribution >= 0.6 is 0 Å². The second kappa shape index (κ2) is 9.24. The maximum Gasteiger partial charge on any atom is 0.407 e. The molecule has 0 heterocycles. The van der Waals surface area contributed by atoms with E-state index in [1.54, 1.807) is 39.0 Å². The van der Waals surface area contributed by atoms with Gasteiger partial charge in [0.25, 0.3) is 0 Å². The van der Waals surface area contributed by atoms with E-state index in [9.17, 15) is 18.4 Å². The average molecular weight is 410 g/mol. The molecule has 6 nitrogen and oxygen atoms in total. The van der Waals surface area contributed by atoms with E-state index in [0.717, 1.165) is 12.8 Å². The number of hydrogen-bond acceptors (Lipinski definition) is 4. The van der Waals surface area contributed by atoms with E-state index in [-0.39, 0.29) is 18.2 Å². The summed E-state index contributed by atoms with van der Waals surface area (Å²) in [6.45, 7) is 4.45. The number of ether oxygens (including phenoxy) is 2. The maximum absolute atomic E-state index is 12.5. The second-order valence-electron chi connectivity index (χ2n) is 8.29. The first kappa shape index (κ1) is 22.6. The molecule has 2 N–H and O–H groups in total. The first-order valence-electron chi connectivity index (χ1n) is 9.49. The lowest BCUT2D eigenvalue weighted by Gasteiger charge is -2.31. The van der Waals surface area contributed by atoms with Crippen molar-refractivity contribution >= 4 is 18.1 Å². The summed E-state index contributed by atoms with van der Waals surface area (Å²) in [5.41, 5.74) is -0.889. The first-order chi connectivity index (χ1) is 13.5. The number of carbonyl (C=O) groups is 2. The third-order valence-corrected chi connectivity index (χ3v) is 4.44. The van der Waals surface area contributed by atoms with Crippen molar-refractivity contribution in [1.82, 2.24) is 10.6 Å². The molecule has 2 amide bonds. The summed E-state index contributed by atoms with van der Waals surface area (Å²) in [6.07, 6.45) is 4.03. The molecule has 0 aliphatic heterocycles. The minimum atomic E-state index is -2.95. The van der Waals surface area contributed by atoms with Gasteiger partial charge in [-0.05, 0) is 58.6 Å². The third-order valence-electron chi connectivity index (χ3n) is 4.44. The quantitative estimate of drug-likeness (QED) is 0.633. The molecule has 1 unspecified atom stereocenters. The zero-order valence-electron chi connectivity index (χ0n) is 17.1. The van der Waals surface area contributed by atoms with Crippen molar-refractivity contribution in [2.45, 2.75) is 58.3 Å². The highest BCUT2D eigenvalue weighted by Crippen LogP contribution is 2.39. The van der Waals surface area contributed by atoms with Gasteiger partial charge in [-0.3, -0.25) is 4.79 Å². The Kier molecular flexibility index (Phi) is 7.21. The highest BCUT2D eigenvalue weighted by molar-refractivity contribution is 5.92. The molecule has 8 heteroatoms. The van der Waals surface area contributed by atoms with Crippen LogP contribution in [0.1, 0.15) is 46.1 Å². The van der Waals surface area contributed by atoms with Crippen LogP contribution in [0.25, 0.3) is 6.08 Å². The van der Waals surface area contributed by atoms with Crippen LogP contribution in [0, 0.1) is 5.92 Å². The van der Waals surface area contributed by atoms with Crippen molar-refractivity contribution in [2.24, 2.45) is 5.92 Å². The van der Waals surface area contributed by atoms with E-state index in [2.05, 4.69) is 15.4 Å². The summed E-state index contributed by atoms with van der Waals surface area (Å²) < 4.78 is 34.7. The number of amides is 2. The lowest BCUT2D eigenvalue weighted by molar-refractivity contribution is -0.118. The minimum Gasteiger partial charge on any atom is -0.444 e. The monoisotopic (exact) mass is 410 g/mol. The molecule has 0 aromatic heterocycles. The summed E-state index contributed by atoms with van der Waals surface area (Å²) >= 11 is 0. The number of halogens is 2. The van der Waals surface area contributed by atoms with Gasteiger partial charge in [-0.15, -0.1) is 0 Å². The highest BCUT2D eigenvalue weighted by Gasteiger charge is 2.42. The van der Waals surface area contributed by atoms with Gasteiger partial charge in [0.1, 0.15) is 11.4 Å². The molecule has 1 fully saturated rings. The molecule has 0 saturated heterocycles. The van der Waals surface area contributed by atoms with E-state index >= 15 is 0 Å². The summed E-state index contributed by atoms with van der Waals surface area (Å²) in [4.78, 5) is 24.4. The number of benzene rings is 1. The second-order valence-corrected chi connectivity index (χ2v) is 8.29. The summed E-state index contributed by atoms with van der Waals surface area (Å²) in [5.74, 6) is -0.162. The van der Waals surface area contributed by atoms with Crippen molar-refractivity contribution in [3.8, 4) is 5.75 Å². The fourth-order valence-electron chi connectivity index (χ4n) is 2.89. The maximum atomic E-state index is 12.5. The van der Waals surface area contributed by atoms with Gasteiger partial charge in [-0.1, -0.05) is 18.2 Å². The molecule has 1 saturated carbocycles. The predicted octanol–water partition coefficient (Wildman–Crippen LogP) is 4.11. The van der Waals surface area contributed by atoms with Crippen molar-refractivity contribution in [2.75, 3.05) is 6.54 Å².